The molecule has 0 aliphatic carbocycles. The first kappa shape index (κ1) is 12.6. The Morgan fingerprint density at radius 2 is 2.11 bits per heavy atom. The van der Waals surface area contributed by atoms with Crippen molar-refractivity contribution in [2.45, 2.75) is 13.8 Å². The number of carbonyl (C=O) groups is 1. The predicted octanol–water partition coefficient (Wildman–Crippen LogP) is 0.773. The molecule has 2 heterocycles. The number of rotatable bonds is 2. The Kier molecular flexibility index (Phi) is 3.08. The number of nitrogens with zero attached hydrogens (tertiary/aromatic N) is 1. The van der Waals surface area contributed by atoms with Crippen LogP contribution in [0.25, 0.3) is 10.2 Å². The van der Waals surface area contributed by atoms with Crippen LogP contribution in [0.15, 0.2) is 9.59 Å². The molecule has 0 spiro atoms. The van der Waals surface area contributed by atoms with Crippen LogP contribution in [0.4, 0.5) is 0 Å². The lowest BCUT2D eigenvalue weighted by molar-refractivity contribution is 0.0531. The standard InChI is InChI=1S/C11H12N2O4S/c1-4-17-10(15)7-5(2)6-8(18-7)12-11(16)13(3)9(6)14/h4H2,1-3H3,(H,12,16). The van der Waals surface area contributed by atoms with Gasteiger partial charge in [-0.05, 0) is 19.4 Å². The number of fused-ring (bicyclic) bond motifs is 1. The minimum Gasteiger partial charge on any atom is -0.462 e. The zero-order chi connectivity index (χ0) is 13.4. The van der Waals surface area contributed by atoms with Gasteiger partial charge in [0.15, 0.2) is 0 Å². The van der Waals surface area contributed by atoms with Crippen molar-refractivity contribution in [3.05, 3.63) is 31.3 Å². The van der Waals surface area contributed by atoms with Gasteiger partial charge >= 0.3 is 11.7 Å². The Morgan fingerprint density at radius 1 is 1.44 bits per heavy atom. The van der Waals surface area contributed by atoms with Gasteiger partial charge in [-0.1, -0.05) is 0 Å². The van der Waals surface area contributed by atoms with Gasteiger partial charge in [0, 0.05) is 7.05 Å². The molecule has 2 aromatic heterocycles. The van der Waals surface area contributed by atoms with Crippen LogP contribution in [-0.4, -0.2) is 22.1 Å². The number of thiophene rings is 1. The molecule has 1 N–H and O–H groups in total. The number of aromatic nitrogens is 2. The van der Waals surface area contributed by atoms with Crippen molar-refractivity contribution in [3.63, 3.8) is 0 Å². The number of carbonyl (C=O) groups excluding carboxylic acids is 1. The Hall–Kier alpha value is -1.89. The Morgan fingerprint density at radius 3 is 2.72 bits per heavy atom. The molecule has 2 rings (SSSR count). The number of aryl methyl sites for hydroxylation is 1. The van der Waals surface area contributed by atoms with Crippen LogP contribution < -0.4 is 11.2 Å². The zero-order valence-electron chi connectivity index (χ0n) is 10.2. The number of ether oxygens (including phenoxy) is 1. The van der Waals surface area contributed by atoms with E-state index in [0.717, 1.165) is 15.9 Å². The Labute approximate surface area is 106 Å². The number of hydrogen-bond acceptors (Lipinski definition) is 5. The van der Waals surface area contributed by atoms with Gasteiger partial charge < -0.3 is 4.74 Å². The van der Waals surface area contributed by atoms with Crippen molar-refractivity contribution in [2.24, 2.45) is 7.05 Å². The molecule has 18 heavy (non-hydrogen) atoms. The quantitative estimate of drug-likeness (QED) is 0.816. The highest BCUT2D eigenvalue weighted by molar-refractivity contribution is 7.20. The summed E-state index contributed by atoms with van der Waals surface area (Å²) in [6, 6.07) is 0. The molecule has 0 aromatic carbocycles. The van der Waals surface area contributed by atoms with E-state index in [-0.39, 0.29) is 6.61 Å². The molecule has 0 unspecified atom stereocenters. The van der Waals surface area contributed by atoms with Crippen LogP contribution in [0.5, 0.6) is 0 Å². The predicted molar refractivity (Wildman–Crippen MR) is 68.4 cm³/mol. The highest BCUT2D eigenvalue weighted by Crippen LogP contribution is 2.26. The van der Waals surface area contributed by atoms with Crippen molar-refractivity contribution < 1.29 is 9.53 Å². The summed E-state index contributed by atoms with van der Waals surface area (Å²) in [6.45, 7) is 3.65. The van der Waals surface area contributed by atoms with E-state index in [1.807, 2.05) is 0 Å². The van der Waals surface area contributed by atoms with Crippen molar-refractivity contribution in [2.75, 3.05) is 6.61 Å². The van der Waals surface area contributed by atoms with E-state index in [0.29, 0.717) is 20.7 Å². The molecule has 0 aliphatic heterocycles. The minimum atomic E-state index is -0.496. The lowest BCUT2D eigenvalue weighted by Gasteiger charge is -1.99. The summed E-state index contributed by atoms with van der Waals surface area (Å²) in [5.41, 5.74) is -0.354. The molecule has 0 amide bonds. The molecule has 2 aromatic rings. The second-order valence-corrected chi connectivity index (χ2v) is 4.80. The van der Waals surface area contributed by atoms with E-state index in [1.165, 1.54) is 7.05 Å². The molecular weight excluding hydrogens is 256 g/mol. The number of aromatic amines is 1. The summed E-state index contributed by atoms with van der Waals surface area (Å²) < 4.78 is 5.89. The van der Waals surface area contributed by atoms with Gasteiger partial charge in [-0.15, -0.1) is 11.3 Å². The second-order valence-electron chi connectivity index (χ2n) is 3.78. The maximum Gasteiger partial charge on any atom is 0.348 e. The fourth-order valence-electron chi connectivity index (χ4n) is 1.69. The van der Waals surface area contributed by atoms with Crippen LogP contribution in [0.2, 0.25) is 0 Å². The minimum absolute atomic E-state index is 0.265. The van der Waals surface area contributed by atoms with E-state index in [2.05, 4.69) is 4.98 Å². The molecule has 0 atom stereocenters. The highest BCUT2D eigenvalue weighted by Gasteiger charge is 2.20. The summed E-state index contributed by atoms with van der Waals surface area (Å²) in [5.74, 6) is -0.473. The summed E-state index contributed by atoms with van der Waals surface area (Å²) in [5, 5.41) is 0.366. The number of esters is 1. The third kappa shape index (κ3) is 1.76. The maximum absolute atomic E-state index is 12.0. The molecule has 6 nitrogen and oxygen atoms in total. The molecule has 0 saturated carbocycles. The summed E-state index contributed by atoms with van der Waals surface area (Å²) in [6.07, 6.45) is 0. The summed E-state index contributed by atoms with van der Waals surface area (Å²) in [7, 11) is 1.39. The van der Waals surface area contributed by atoms with E-state index in [1.54, 1.807) is 13.8 Å². The first-order valence-corrected chi connectivity index (χ1v) is 6.18. The number of nitrogens with one attached hydrogen (secondary N) is 1. The van der Waals surface area contributed by atoms with Crippen molar-refractivity contribution in [1.82, 2.24) is 9.55 Å². The average Bonchev–Trinajstić information content (AvgIpc) is 2.64. The van der Waals surface area contributed by atoms with Gasteiger partial charge in [-0.25, -0.2) is 9.59 Å². The van der Waals surface area contributed by atoms with Gasteiger partial charge in [-0.2, -0.15) is 0 Å². The third-order valence-electron chi connectivity index (χ3n) is 2.65. The van der Waals surface area contributed by atoms with E-state index >= 15 is 0 Å². The zero-order valence-corrected chi connectivity index (χ0v) is 11.0. The van der Waals surface area contributed by atoms with Crippen LogP contribution in [0.3, 0.4) is 0 Å². The number of H-pyrrole nitrogens is 1. The van der Waals surface area contributed by atoms with Gasteiger partial charge in [0.2, 0.25) is 0 Å². The number of hydrogen-bond donors (Lipinski definition) is 1. The maximum atomic E-state index is 12.0. The lowest BCUT2D eigenvalue weighted by Crippen LogP contribution is -2.32. The van der Waals surface area contributed by atoms with Gasteiger partial charge in [0.1, 0.15) is 9.71 Å². The van der Waals surface area contributed by atoms with E-state index in [9.17, 15) is 14.4 Å². The monoisotopic (exact) mass is 268 g/mol. The van der Waals surface area contributed by atoms with Gasteiger partial charge in [-0.3, -0.25) is 14.3 Å². The van der Waals surface area contributed by atoms with E-state index in [4.69, 9.17) is 4.74 Å². The molecule has 96 valence electrons. The van der Waals surface area contributed by atoms with Crippen molar-refractivity contribution >= 4 is 27.5 Å². The molecule has 7 heteroatoms. The molecule has 0 aliphatic rings. The molecule has 0 radical (unpaired) electrons. The smallest absolute Gasteiger partial charge is 0.348 e. The van der Waals surface area contributed by atoms with Gasteiger partial charge in [0.05, 0.1) is 12.0 Å². The molecular formula is C11H12N2O4S. The molecule has 0 bridgehead atoms. The van der Waals surface area contributed by atoms with Crippen molar-refractivity contribution in [3.8, 4) is 0 Å². The first-order valence-electron chi connectivity index (χ1n) is 5.36. The third-order valence-corrected chi connectivity index (χ3v) is 3.84. The fraction of sp³-hybridized carbons (Fsp3) is 0.364. The van der Waals surface area contributed by atoms with Crippen LogP contribution in [0, 0.1) is 6.92 Å². The normalized spacial score (nSPS) is 10.8. The van der Waals surface area contributed by atoms with Crippen LogP contribution in [0.1, 0.15) is 22.2 Å². The summed E-state index contributed by atoms with van der Waals surface area (Å²) >= 11 is 1.07. The topological polar surface area (TPSA) is 81.2 Å². The van der Waals surface area contributed by atoms with Crippen LogP contribution in [-0.2, 0) is 11.8 Å². The summed E-state index contributed by atoms with van der Waals surface area (Å²) in [4.78, 5) is 38.5. The van der Waals surface area contributed by atoms with E-state index < -0.39 is 17.2 Å². The molecule has 0 saturated heterocycles. The van der Waals surface area contributed by atoms with Crippen molar-refractivity contribution in [1.29, 1.82) is 0 Å². The highest BCUT2D eigenvalue weighted by atomic mass is 32.1. The lowest BCUT2D eigenvalue weighted by atomic mass is 10.2. The average molecular weight is 268 g/mol. The second kappa shape index (κ2) is 4.41. The van der Waals surface area contributed by atoms with Gasteiger partial charge in [0.25, 0.3) is 5.56 Å². The Bertz CT molecular complexity index is 738. The Balaban J connectivity index is 2.79. The fourth-order valence-corrected chi connectivity index (χ4v) is 2.77. The largest absolute Gasteiger partial charge is 0.462 e. The first-order chi connectivity index (χ1) is 8.47. The molecule has 0 fully saturated rings. The SMILES string of the molecule is CCOC(=O)c1sc2[nH]c(=O)n(C)c(=O)c2c1C. The van der Waals surface area contributed by atoms with Crippen LogP contribution >= 0.6 is 11.3 Å².